The van der Waals surface area contributed by atoms with Crippen LogP contribution < -0.4 is 5.73 Å². The van der Waals surface area contributed by atoms with Crippen molar-refractivity contribution in [1.82, 2.24) is 9.72 Å². The summed E-state index contributed by atoms with van der Waals surface area (Å²) in [6.45, 7) is 1.70. The quantitative estimate of drug-likeness (QED) is 0.821. The van der Waals surface area contributed by atoms with Crippen molar-refractivity contribution in [3.63, 3.8) is 0 Å². The summed E-state index contributed by atoms with van der Waals surface area (Å²) >= 11 is 0. The molecule has 0 spiro atoms. The van der Waals surface area contributed by atoms with Crippen molar-refractivity contribution in [2.24, 2.45) is 5.73 Å². The Morgan fingerprint density at radius 1 is 1.56 bits per heavy atom. The predicted octanol–water partition coefficient (Wildman–Crippen LogP) is 1.13. The molecule has 86 valence electrons. The van der Waals surface area contributed by atoms with Gasteiger partial charge in [-0.15, -0.1) is 0 Å². The zero-order valence-electron chi connectivity index (χ0n) is 9.22. The number of nitrogens with two attached hydrogens (primary N) is 1. The van der Waals surface area contributed by atoms with Gasteiger partial charge in [0.15, 0.2) is 5.76 Å². The Bertz CT molecular complexity index is 448. The van der Waals surface area contributed by atoms with Crippen molar-refractivity contribution >= 4 is 0 Å². The molecule has 0 saturated carbocycles. The highest BCUT2D eigenvalue weighted by molar-refractivity contribution is 5.12. The molecule has 2 aromatic heterocycles. The number of nitrogens with zero attached hydrogens (tertiary/aromatic N) is 2. The number of aromatic nitrogens is 2. The van der Waals surface area contributed by atoms with Crippen LogP contribution in [0.3, 0.4) is 0 Å². The molecule has 2 aromatic rings. The average Bonchev–Trinajstić information content (AvgIpc) is 2.89. The Hall–Kier alpha value is -1.59. The number of hydrogen-bond donors (Lipinski definition) is 1. The van der Waals surface area contributed by atoms with Gasteiger partial charge in [0.1, 0.15) is 12.3 Å². The lowest BCUT2D eigenvalue weighted by Crippen LogP contribution is -1.98. The van der Waals surface area contributed by atoms with E-state index in [1.54, 1.807) is 7.11 Å². The maximum absolute atomic E-state index is 5.54. The standard InChI is InChI=1S/C11H15N3O2/c1-15-8-11-4-10(13-16-11)7-14-3-2-9(5-12)6-14/h2-4,6H,5,7-8,12H2,1H3. The van der Waals surface area contributed by atoms with Crippen LogP contribution in [0.15, 0.2) is 29.0 Å². The Kier molecular flexibility index (Phi) is 3.38. The molecule has 0 aliphatic heterocycles. The Labute approximate surface area is 93.8 Å². The van der Waals surface area contributed by atoms with Gasteiger partial charge in [0, 0.05) is 32.1 Å². The van der Waals surface area contributed by atoms with Gasteiger partial charge in [0.25, 0.3) is 0 Å². The minimum Gasteiger partial charge on any atom is -0.377 e. The maximum atomic E-state index is 5.54. The summed E-state index contributed by atoms with van der Waals surface area (Å²) in [7, 11) is 1.63. The second kappa shape index (κ2) is 4.96. The Morgan fingerprint density at radius 2 is 2.44 bits per heavy atom. The molecule has 0 amide bonds. The fraction of sp³-hybridized carbons (Fsp3) is 0.364. The van der Waals surface area contributed by atoms with Crippen LogP contribution in [0.4, 0.5) is 0 Å². The third-order valence-electron chi connectivity index (χ3n) is 2.29. The van der Waals surface area contributed by atoms with Gasteiger partial charge in [-0.3, -0.25) is 0 Å². The van der Waals surface area contributed by atoms with E-state index in [-0.39, 0.29) is 0 Å². The molecule has 0 aromatic carbocycles. The highest BCUT2D eigenvalue weighted by atomic mass is 16.5. The van der Waals surface area contributed by atoms with Crippen molar-refractivity contribution in [3.05, 3.63) is 41.5 Å². The largest absolute Gasteiger partial charge is 0.377 e. The van der Waals surface area contributed by atoms with Crippen molar-refractivity contribution in [2.45, 2.75) is 19.7 Å². The Balaban J connectivity index is 2.02. The fourth-order valence-electron chi connectivity index (χ4n) is 1.54. The first-order valence-corrected chi connectivity index (χ1v) is 5.10. The van der Waals surface area contributed by atoms with Crippen LogP contribution in [0, 0.1) is 0 Å². The first-order chi connectivity index (χ1) is 7.81. The summed E-state index contributed by atoms with van der Waals surface area (Å²) in [5.41, 5.74) is 7.53. The molecular weight excluding hydrogens is 206 g/mol. The van der Waals surface area contributed by atoms with E-state index in [0.717, 1.165) is 17.0 Å². The summed E-state index contributed by atoms with van der Waals surface area (Å²) in [6.07, 6.45) is 3.98. The van der Waals surface area contributed by atoms with Crippen LogP contribution in [-0.2, 0) is 24.4 Å². The van der Waals surface area contributed by atoms with Crippen LogP contribution in [0.2, 0.25) is 0 Å². The molecule has 5 nitrogen and oxygen atoms in total. The molecule has 0 radical (unpaired) electrons. The molecule has 2 rings (SSSR count). The molecule has 0 unspecified atom stereocenters. The minimum atomic E-state index is 0.451. The summed E-state index contributed by atoms with van der Waals surface area (Å²) in [4.78, 5) is 0. The van der Waals surface area contributed by atoms with Gasteiger partial charge in [-0.05, 0) is 11.6 Å². The monoisotopic (exact) mass is 221 g/mol. The van der Waals surface area contributed by atoms with E-state index in [0.29, 0.717) is 19.7 Å². The first kappa shape index (κ1) is 10.9. The molecule has 16 heavy (non-hydrogen) atoms. The van der Waals surface area contributed by atoms with E-state index >= 15 is 0 Å². The van der Waals surface area contributed by atoms with Gasteiger partial charge < -0.3 is 19.6 Å². The zero-order valence-corrected chi connectivity index (χ0v) is 9.22. The second-order valence-electron chi connectivity index (χ2n) is 3.61. The molecule has 0 atom stereocenters. The topological polar surface area (TPSA) is 66.2 Å². The Morgan fingerprint density at radius 3 is 3.12 bits per heavy atom. The van der Waals surface area contributed by atoms with E-state index in [9.17, 15) is 0 Å². The second-order valence-corrected chi connectivity index (χ2v) is 3.61. The van der Waals surface area contributed by atoms with Gasteiger partial charge in [0.05, 0.1) is 6.54 Å². The molecule has 2 N–H and O–H groups in total. The lowest BCUT2D eigenvalue weighted by molar-refractivity contribution is 0.155. The molecule has 0 aliphatic carbocycles. The summed E-state index contributed by atoms with van der Waals surface area (Å²) in [5, 5.41) is 3.96. The van der Waals surface area contributed by atoms with Crippen LogP contribution >= 0.6 is 0 Å². The average molecular weight is 221 g/mol. The summed E-state index contributed by atoms with van der Waals surface area (Å²) in [5.74, 6) is 0.740. The van der Waals surface area contributed by atoms with Crippen LogP contribution in [0.1, 0.15) is 17.0 Å². The van der Waals surface area contributed by atoms with Gasteiger partial charge in [-0.1, -0.05) is 5.16 Å². The summed E-state index contributed by atoms with van der Waals surface area (Å²) in [6, 6.07) is 3.89. The molecule has 0 aliphatic rings. The van der Waals surface area contributed by atoms with Crippen molar-refractivity contribution < 1.29 is 9.26 Å². The highest BCUT2D eigenvalue weighted by Gasteiger charge is 2.04. The van der Waals surface area contributed by atoms with Crippen molar-refractivity contribution in [3.8, 4) is 0 Å². The van der Waals surface area contributed by atoms with Crippen LogP contribution in [-0.4, -0.2) is 16.8 Å². The van der Waals surface area contributed by atoms with E-state index < -0.39 is 0 Å². The smallest absolute Gasteiger partial charge is 0.162 e. The van der Waals surface area contributed by atoms with Gasteiger partial charge in [0.2, 0.25) is 0 Å². The zero-order chi connectivity index (χ0) is 11.4. The maximum Gasteiger partial charge on any atom is 0.162 e. The molecule has 0 bridgehead atoms. The van der Waals surface area contributed by atoms with Crippen molar-refractivity contribution in [2.75, 3.05) is 7.11 Å². The van der Waals surface area contributed by atoms with Gasteiger partial charge >= 0.3 is 0 Å². The third kappa shape index (κ3) is 2.50. The lowest BCUT2D eigenvalue weighted by Gasteiger charge is -1.96. The number of ether oxygens (including phenoxy) is 1. The van der Waals surface area contributed by atoms with E-state index in [4.69, 9.17) is 15.0 Å². The molecule has 0 fully saturated rings. The lowest BCUT2D eigenvalue weighted by atomic mass is 10.3. The fourth-order valence-corrected chi connectivity index (χ4v) is 1.54. The molecule has 2 heterocycles. The van der Waals surface area contributed by atoms with Crippen molar-refractivity contribution in [1.29, 1.82) is 0 Å². The molecule has 5 heteroatoms. The SMILES string of the molecule is COCc1cc(Cn2ccc(CN)c2)no1. The van der Waals surface area contributed by atoms with E-state index in [2.05, 4.69) is 5.16 Å². The normalized spacial score (nSPS) is 10.9. The third-order valence-corrected chi connectivity index (χ3v) is 2.29. The van der Waals surface area contributed by atoms with Gasteiger partial charge in [-0.25, -0.2) is 0 Å². The number of rotatable bonds is 5. The van der Waals surface area contributed by atoms with E-state index in [1.807, 2.05) is 29.1 Å². The highest BCUT2D eigenvalue weighted by Crippen LogP contribution is 2.08. The molecule has 0 saturated heterocycles. The summed E-state index contributed by atoms with van der Waals surface area (Å²) < 4.78 is 12.1. The number of hydrogen-bond acceptors (Lipinski definition) is 4. The predicted molar refractivity (Wildman–Crippen MR) is 58.6 cm³/mol. The van der Waals surface area contributed by atoms with Gasteiger partial charge in [-0.2, -0.15) is 0 Å². The first-order valence-electron chi connectivity index (χ1n) is 5.10. The number of methoxy groups -OCH3 is 1. The van der Waals surface area contributed by atoms with Crippen LogP contribution in [0.25, 0.3) is 0 Å². The molecular formula is C11H15N3O2. The minimum absolute atomic E-state index is 0.451. The van der Waals surface area contributed by atoms with E-state index in [1.165, 1.54) is 0 Å². The van der Waals surface area contributed by atoms with Crippen LogP contribution in [0.5, 0.6) is 0 Å².